The number of pyridine rings is 1. The number of nitrogens with one attached hydrogen (secondary N) is 1. The zero-order valence-electron chi connectivity index (χ0n) is 19.7. The van der Waals surface area contributed by atoms with Crippen molar-refractivity contribution < 1.29 is 13.6 Å². The van der Waals surface area contributed by atoms with Gasteiger partial charge in [0.15, 0.2) is 23.3 Å². The monoisotopic (exact) mass is 521 g/mol. The lowest BCUT2D eigenvalue weighted by Gasteiger charge is -2.34. The van der Waals surface area contributed by atoms with Crippen molar-refractivity contribution in [3.05, 3.63) is 59.4 Å². The van der Waals surface area contributed by atoms with E-state index in [0.29, 0.717) is 31.5 Å². The van der Waals surface area contributed by atoms with Crippen molar-refractivity contribution in [2.24, 2.45) is 5.92 Å². The molecule has 37 heavy (non-hydrogen) atoms. The van der Waals surface area contributed by atoms with Gasteiger partial charge in [-0.25, -0.2) is 23.7 Å². The lowest BCUT2D eigenvalue weighted by molar-refractivity contribution is -0.127. The van der Waals surface area contributed by atoms with Crippen molar-refractivity contribution in [2.45, 2.75) is 37.3 Å². The van der Waals surface area contributed by atoms with Gasteiger partial charge in [0.05, 0.1) is 34.4 Å². The Morgan fingerprint density at radius 3 is 2.73 bits per heavy atom. The van der Waals surface area contributed by atoms with E-state index in [1.54, 1.807) is 17.0 Å². The minimum absolute atomic E-state index is 0.0103. The van der Waals surface area contributed by atoms with Crippen LogP contribution in [-0.4, -0.2) is 50.9 Å². The molecule has 4 heterocycles. The average Bonchev–Trinajstić information content (AvgIpc) is 3.48. The van der Waals surface area contributed by atoms with Gasteiger partial charge in [-0.2, -0.15) is 5.26 Å². The van der Waals surface area contributed by atoms with E-state index >= 15 is 8.78 Å². The van der Waals surface area contributed by atoms with Crippen LogP contribution in [-0.2, 0) is 4.79 Å². The number of aromatic nitrogens is 3. The van der Waals surface area contributed by atoms with Crippen molar-refractivity contribution in [2.75, 3.05) is 23.3 Å². The molecule has 1 saturated carbocycles. The predicted molar refractivity (Wildman–Crippen MR) is 135 cm³/mol. The maximum atomic E-state index is 15.2. The third-order valence-corrected chi connectivity index (χ3v) is 8.03. The minimum Gasteiger partial charge on any atom is -0.347 e. The largest absolute Gasteiger partial charge is 0.347 e. The van der Waals surface area contributed by atoms with E-state index in [1.807, 2.05) is 4.90 Å². The molecule has 1 amide bonds. The van der Waals surface area contributed by atoms with E-state index in [9.17, 15) is 4.79 Å². The summed E-state index contributed by atoms with van der Waals surface area (Å²) in [6, 6.07) is 6.75. The number of carbonyl (C=O) groups is 1. The molecule has 0 radical (unpaired) electrons. The highest BCUT2D eigenvalue weighted by Gasteiger charge is 2.46. The zero-order valence-corrected chi connectivity index (χ0v) is 20.4. The second-order valence-corrected chi connectivity index (χ2v) is 10.1. The molecule has 2 aliphatic heterocycles. The smallest absolute Gasteiger partial charge is 0.246 e. The molecule has 2 aromatic heterocycles. The number of halogens is 3. The highest BCUT2D eigenvalue weighted by Crippen LogP contribution is 2.45. The number of hydrogen-bond donors (Lipinski definition) is 1. The van der Waals surface area contributed by atoms with Crippen LogP contribution in [0, 0.1) is 28.9 Å². The number of piperazine rings is 1. The van der Waals surface area contributed by atoms with Crippen LogP contribution in [0.1, 0.15) is 30.7 Å². The summed E-state index contributed by atoms with van der Waals surface area (Å²) in [4.78, 5) is 28.6. The summed E-state index contributed by atoms with van der Waals surface area (Å²) in [6.45, 7) is 4.48. The van der Waals surface area contributed by atoms with Crippen LogP contribution in [0.3, 0.4) is 0 Å². The van der Waals surface area contributed by atoms with Crippen molar-refractivity contribution >= 4 is 45.9 Å². The predicted octanol–water partition coefficient (Wildman–Crippen LogP) is 4.69. The Labute approximate surface area is 216 Å². The number of hydrogen-bond acceptors (Lipinski definition) is 7. The summed E-state index contributed by atoms with van der Waals surface area (Å²) in [5.41, 5.74) is 1.35. The fourth-order valence-electron chi connectivity index (χ4n) is 5.64. The molecule has 1 aromatic carbocycles. The maximum Gasteiger partial charge on any atom is 0.246 e. The molecule has 2 bridgehead atoms. The van der Waals surface area contributed by atoms with Crippen LogP contribution < -0.4 is 10.2 Å². The van der Waals surface area contributed by atoms with Gasteiger partial charge in [0.1, 0.15) is 11.8 Å². The summed E-state index contributed by atoms with van der Waals surface area (Å²) in [5, 5.41) is 12.0. The molecule has 1 aliphatic carbocycles. The summed E-state index contributed by atoms with van der Waals surface area (Å²) in [7, 11) is 0. The van der Waals surface area contributed by atoms with E-state index in [2.05, 4.69) is 32.9 Å². The average molecular weight is 522 g/mol. The number of rotatable bonds is 5. The zero-order chi connectivity index (χ0) is 25.8. The Morgan fingerprint density at radius 2 is 2.03 bits per heavy atom. The SMILES string of the molecule is C=CC(=O)N1C[C@@H]2C[C@H]1CN2c1nc2c(Nc3ccc(C4CC(C#N)C4)c(Cl)c3F)ncnc2cc1F. The van der Waals surface area contributed by atoms with E-state index in [-0.39, 0.29) is 63.2 Å². The second kappa shape index (κ2) is 8.92. The summed E-state index contributed by atoms with van der Waals surface area (Å²) in [6.07, 6.45) is 4.60. The lowest BCUT2D eigenvalue weighted by atomic mass is 9.72. The normalized spacial score (nSPS) is 24.2. The highest BCUT2D eigenvalue weighted by atomic mass is 35.5. The standard InChI is InChI=1S/C26H22ClF2N7O/c1-2-21(37)35-10-16-7-15(35)11-36(16)26-18(28)8-20-24(34-26)25(32-12-31-20)33-19-4-3-17(22(27)23(19)29)14-5-13(6-14)9-30/h2-4,8,12-16H,1,5-7,10-11H2,(H,31,32,33)/t13?,14?,15-,16-/m0/s1. The number of fused-ring (bicyclic) bond motifs is 3. The van der Waals surface area contributed by atoms with Crippen LogP contribution >= 0.6 is 11.6 Å². The van der Waals surface area contributed by atoms with E-state index in [4.69, 9.17) is 16.9 Å². The van der Waals surface area contributed by atoms with Crippen molar-refractivity contribution in [1.82, 2.24) is 19.9 Å². The Hall–Kier alpha value is -3.84. The van der Waals surface area contributed by atoms with Crippen LogP contribution in [0.2, 0.25) is 5.02 Å². The molecule has 3 aliphatic rings. The fourth-order valence-corrected chi connectivity index (χ4v) is 5.96. The number of anilines is 3. The van der Waals surface area contributed by atoms with E-state index < -0.39 is 11.6 Å². The fraction of sp³-hybridized carbons (Fsp3) is 0.346. The Morgan fingerprint density at radius 1 is 1.22 bits per heavy atom. The molecule has 8 nitrogen and oxygen atoms in total. The minimum atomic E-state index is -0.627. The molecule has 3 fully saturated rings. The quantitative estimate of drug-likeness (QED) is 0.486. The molecular weight excluding hydrogens is 500 g/mol. The first-order chi connectivity index (χ1) is 17.9. The Bertz CT molecular complexity index is 1490. The molecule has 2 saturated heterocycles. The molecular formula is C26H22ClF2N7O. The van der Waals surface area contributed by atoms with Crippen LogP contribution in [0.15, 0.2) is 37.2 Å². The number of nitriles is 1. The number of nitrogens with zero attached hydrogens (tertiary/aromatic N) is 6. The molecule has 1 N–H and O–H groups in total. The number of benzene rings is 1. The van der Waals surface area contributed by atoms with Crippen molar-refractivity contribution in [1.29, 1.82) is 5.26 Å². The van der Waals surface area contributed by atoms with Crippen LogP contribution in [0.4, 0.5) is 26.1 Å². The van der Waals surface area contributed by atoms with E-state index in [1.165, 1.54) is 18.5 Å². The van der Waals surface area contributed by atoms with Gasteiger partial charge >= 0.3 is 0 Å². The number of likely N-dealkylation sites (tertiary alicyclic amines) is 1. The van der Waals surface area contributed by atoms with Crippen LogP contribution in [0.5, 0.6) is 0 Å². The third kappa shape index (κ3) is 3.85. The van der Waals surface area contributed by atoms with Crippen molar-refractivity contribution in [3.8, 4) is 6.07 Å². The Balaban J connectivity index is 1.30. The van der Waals surface area contributed by atoms with Gasteiger partial charge in [0.2, 0.25) is 5.91 Å². The first-order valence-electron chi connectivity index (χ1n) is 12.0. The van der Waals surface area contributed by atoms with Gasteiger partial charge in [-0.05, 0) is 42.9 Å². The van der Waals surface area contributed by atoms with Crippen LogP contribution in [0.25, 0.3) is 11.0 Å². The summed E-state index contributed by atoms with van der Waals surface area (Å²) < 4.78 is 30.4. The first-order valence-corrected chi connectivity index (χ1v) is 12.4. The number of carbonyl (C=O) groups excluding carboxylic acids is 1. The van der Waals surface area contributed by atoms with Gasteiger partial charge < -0.3 is 15.1 Å². The van der Waals surface area contributed by atoms with Gasteiger partial charge in [0.25, 0.3) is 0 Å². The topological polar surface area (TPSA) is 98.0 Å². The lowest BCUT2D eigenvalue weighted by Crippen LogP contribution is -2.48. The van der Waals surface area contributed by atoms with Gasteiger partial charge in [-0.1, -0.05) is 24.2 Å². The first kappa shape index (κ1) is 23.6. The molecule has 11 heteroatoms. The molecule has 6 rings (SSSR count). The maximum absolute atomic E-state index is 15.2. The van der Waals surface area contributed by atoms with Gasteiger partial charge in [0, 0.05) is 25.1 Å². The molecule has 0 unspecified atom stereocenters. The van der Waals surface area contributed by atoms with Gasteiger partial charge in [-0.3, -0.25) is 4.79 Å². The summed E-state index contributed by atoms with van der Waals surface area (Å²) in [5.74, 6) is -0.886. The second-order valence-electron chi connectivity index (χ2n) is 9.72. The Kier molecular flexibility index (Phi) is 5.68. The third-order valence-electron chi connectivity index (χ3n) is 7.64. The summed E-state index contributed by atoms with van der Waals surface area (Å²) >= 11 is 6.36. The molecule has 188 valence electrons. The molecule has 2 atom stereocenters. The number of amides is 1. The van der Waals surface area contributed by atoms with Crippen molar-refractivity contribution in [3.63, 3.8) is 0 Å². The van der Waals surface area contributed by atoms with E-state index in [0.717, 1.165) is 6.42 Å². The molecule has 0 spiro atoms. The highest BCUT2D eigenvalue weighted by molar-refractivity contribution is 6.32. The molecule has 3 aromatic rings. The van der Waals surface area contributed by atoms with Gasteiger partial charge in [-0.15, -0.1) is 0 Å².